The molecule has 2 aromatic rings. The largest absolute Gasteiger partial charge is 0.335 e. The summed E-state index contributed by atoms with van der Waals surface area (Å²) in [6.45, 7) is 1.94. The van der Waals surface area contributed by atoms with Gasteiger partial charge >= 0.3 is 6.03 Å². The summed E-state index contributed by atoms with van der Waals surface area (Å²) in [5.41, 5.74) is 1.68. The third-order valence-electron chi connectivity index (χ3n) is 3.61. The molecule has 2 rings (SSSR count). The van der Waals surface area contributed by atoms with Crippen LogP contribution in [0.1, 0.15) is 18.9 Å². The smallest absolute Gasteiger partial charge is 0.319 e. The lowest BCUT2D eigenvalue weighted by atomic mass is 10.1. The molecule has 24 heavy (non-hydrogen) atoms. The topological polar surface area (TPSA) is 75.3 Å². The number of aryl methyl sites for hydroxylation is 1. The zero-order valence-corrected chi connectivity index (χ0v) is 14.6. The van der Waals surface area contributed by atoms with Gasteiger partial charge in [-0.3, -0.25) is 0 Å². The van der Waals surface area contributed by atoms with Crippen LogP contribution in [0.4, 0.5) is 10.5 Å². The van der Waals surface area contributed by atoms with Gasteiger partial charge in [0.15, 0.2) is 9.84 Å². The van der Waals surface area contributed by atoms with E-state index in [0.717, 1.165) is 19.1 Å². The predicted octanol–water partition coefficient (Wildman–Crippen LogP) is 3.23. The number of carbonyl (C=O) groups is 1. The summed E-state index contributed by atoms with van der Waals surface area (Å²) in [7, 11) is -3.30. The number of hydrogen-bond acceptors (Lipinski definition) is 3. The van der Waals surface area contributed by atoms with Crippen molar-refractivity contribution < 1.29 is 13.2 Å². The molecule has 128 valence electrons. The highest BCUT2D eigenvalue weighted by atomic mass is 32.2. The lowest BCUT2D eigenvalue weighted by Gasteiger charge is -2.15. The predicted molar refractivity (Wildman–Crippen MR) is 95.9 cm³/mol. The van der Waals surface area contributed by atoms with E-state index in [-0.39, 0.29) is 17.0 Å². The van der Waals surface area contributed by atoms with E-state index in [1.54, 1.807) is 12.1 Å². The number of rotatable bonds is 6. The summed E-state index contributed by atoms with van der Waals surface area (Å²) in [5.74, 6) is 0. The molecule has 5 nitrogen and oxygen atoms in total. The minimum atomic E-state index is -3.30. The van der Waals surface area contributed by atoms with Crippen LogP contribution in [0.15, 0.2) is 59.5 Å². The number of sulfone groups is 1. The van der Waals surface area contributed by atoms with Crippen molar-refractivity contribution in [1.82, 2.24) is 5.32 Å². The Morgan fingerprint density at radius 2 is 1.79 bits per heavy atom. The number of amides is 2. The number of carbonyl (C=O) groups excluding carboxylic acids is 1. The molecule has 0 aromatic heterocycles. The molecule has 0 aliphatic rings. The van der Waals surface area contributed by atoms with Crippen LogP contribution in [0.25, 0.3) is 0 Å². The molecule has 0 heterocycles. The summed E-state index contributed by atoms with van der Waals surface area (Å²) in [5, 5.41) is 5.53. The molecule has 2 amide bonds. The van der Waals surface area contributed by atoms with E-state index in [9.17, 15) is 13.2 Å². The Morgan fingerprint density at radius 3 is 2.46 bits per heavy atom. The fourth-order valence-corrected chi connectivity index (χ4v) is 2.96. The van der Waals surface area contributed by atoms with Gasteiger partial charge in [-0.25, -0.2) is 13.2 Å². The fraction of sp³-hybridized carbons (Fsp3) is 0.278. The average Bonchev–Trinajstić information content (AvgIpc) is 2.53. The van der Waals surface area contributed by atoms with Crippen LogP contribution in [-0.4, -0.2) is 26.7 Å². The number of nitrogens with one attached hydrogen (secondary N) is 2. The maximum Gasteiger partial charge on any atom is 0.319 e. The molecule has 0 bridgehead atoms. The van der Waals surface area contributed by atoms with Gasteiger partial charge in [0.25, 0.3) is 0 Å². The highest BCUT2D eigenvalue weighted by Crippen LogP contribution is 2.15. The number of benzene rings is 2. The SMILES string of the molecule is CC(CCc1ccccc1)NC(=O)Nc1cccc(S(C)(=O)=O)c1. The van der Waals surface area contributed by atoms with Gasteiger partial charge in [0, 0.05) is 18.0 Å². The Morgan fingerprint density at radius 1 is 1.08 bits per heavy atom. The van der Waals surface area contributed by atoms with Crippen molar-refractivity contribution in [3.8, 4) is 0 Å². The Balaban J connectivity index is 1.86. The molecule has 0 fully saturated rings. The quantitative estimate of drug-likeness (QED) is 0.843. The van der Waals surface area contributed by atoms with Gasteiger partial charge in [0.05, 0.1) is 4.90 Å². The summed E-state index contributed by atoms with van der Waals surface area (Å²) in [6, 6.07) is 15.9. The van der Waals surface area contributed by atoms with E-state index in [2.05, 4.69) is 22.8 Å². The second-order valence-corrected chi connectivity index (χ2v) is 7.84. The van der Waals surface area contributed by atoms with Gasteiger partial charge in [0.2, 0.25) is 0 Å². The molecular weight excluding hydrogens is 324 g/mol. The van der Waals surface area contributed by atoms with Crippen LogP contribution in [0.2, 0.25) is 0 Å². The summed E-state index contributed by atoms with van der Waals surface area (Å²) in [6.07, 6.45) is 2.84. The number of hydrogen-bond donors (Lipinski definition) is 2. The first-order valence-electron chi connectivity index (χ1n) is 7.76. The van der Waals surface area contributed by atoms with Crippen molar-refractivity contribution in [2.75, 3.05) is 11.6 Å². The van der Waals surface area contributed by atoms with Crippen molar-refractivity contribution >= 4 is 21.6 Å². The molecule has 0 aliphatic heterocycles. The van der Waals surface area contributed by atoms with Gasteiger partial charge in [-0.1, -0.05) is 36.4 Å². The number of urea groups is 1. The maximum atomic E-state index is 12.0. The Hall–Kier alpha value is -2.34. The van der Waals surface area contributed by atoms with Crippen LogP contribution in [0.3, 0.4) is 0 Å². The Kier molecular flexibility index (Phi) is 5.98. The molecule has 0 saturated carbocycles. The summed E-state index contributed by atoms with van der Waals surface area (Å²) in [4.78, 5) is 12.2. The molecule has 2 N–H and O–H groups in total. The standard InChI is InChI=1S/C18H22N2O3S/c1-14(11-12-15-7-4-3-5-8-15)19-18(21)20-16-9-6-10-17(13-16)24(2,22)23/h3-10,13-14H,11-12H2,1-2H3,(H2,19,20,21). The van der Waals surface area contributed by atoms with Gasteiger partial charge < -0.3 is 10.6 Å². The Labute approximate surface area is 143 Å². The van der Waals surface area contributed by atoms with Crippen molar-refractivity contribution in [3.05, 3.63) is 60.2 Å². The van der Waals surface area contributed by atoms with Gasteiger partial charge in [0.1, 0.15) is 0 Å². The van der Waals surface area contributed by atoms with Crippen LogP contribution in [0, 0.1) is 0 Å². The van der Waals surface area contributed by atoms with Gasteiger partial charge in [-0.2, -0.15) is 0 Å². The zero-order valence-electron chi connectivity index (χ0n) is 13.8. The maximum absolute atomic E-state index is 12.0. The lowest BCUT2D eigenvalue weighted by molar-refractivity contribution is 0.248. The van der Waals surface area contributed by atoms with E-state index >= 15 is 0 Å². The molecule has 6 heteroatoms. The van der Waals surface area contributed by atoms with E-state index in [0.29, 0.717) is 5.69 Å². The van der Waals surface area contributed by atoms with Crippen molar-refractivity contribution in [3.63, 3.8) is 0 Å². The summed E-state index contributed by atoms with van der Waals surface area (Å²) < 4.78 is 23.1. The van der Waals surface area contributed by atoms with Crippen LogP contribution in [0.5, 0.6) is 0 Å². The highest BCUT2D eigenvalue weighted by molar-refractivity contribution is 7.90. The van der Waals surface area contributed by atoms with E-state index < -0.39 is 9.84 Å². The zero-order chi connectivity index (χ0) is 17.6. The molecular formula is C18H22N2O3S. The van der Waals surface area contributed by atoms with E-state index in [4.69, 9.17) is 0 Å². The van der Waals surface area contributed by atoms with E-state index in [1.165, 1.54) is 17.7 Å². The van der Waals surface area contributed by atoms with Gasteiger partial charge in [-0.05, 0) is 43.5 Å². The second-order valence-electron chi connectivity index (χ2n) is 5.82. The second kappa shape index (κ2) is 7.97. The molecule has 0 saturated heterocycles. The monoisotopic (exact) mass is 346 g/mol. The first-order valence-corrected chi connectivity index (χ1v) is 9.65. The molecule has 0 spiro atoms. The number of anilines is 1. The van der Waals surface area contributed by atoms with Crippen molar-refractivity contribution in [2.24, 2.45) is 0 Å². The van der Waals surface area contributed by atoms with Crippen molar-refractivity contribution in [2.45, 2.75) is 30.7 Å². The lowest BCUT2D eigenvalue weighted by Crippen LogP contribution is -2.36. The fourth-order valence-electron chi connectivity index (χ4n) is 2.30. The van der Waals surface area contributed by atoms with Crippen LogP contribution in [-0.2, 0) is 16.3 Å². The normalized spacial score (nSPS) is 12.4. The minimum absolute atomic E-state index is 0.00305. The molecule has 1 unspecified atom stereocenters. The summed E-state index contributed by atoms with van der Waals surface area (Å²) >= 11 is 0. The Bertz CT molecular complexity index is 789. The van der Waals surface area contributed by atoms with Crippen molar-refractivity contribution in [1.29, 1.82) is 0 Å². The molecule has 2 aromatic carbocycles. The first-order chi connectivity index (χ1) is 11.3. The highest BCUT2D eigenvalue weighted by Gasteiger charge is 2.10. The molecule has 0 aliphatic carbocycles. The minimum Gasteiger partial charge on any atom is -0.335 e. The third-order valence-corrected chi connectivity index (χ3v) is 4.72. The molecule has 1 atom stereocenters. The third kappa shape index (κ3) is 5.70. The van der Waals surface area contributed by atoms with Gasteiger partial charge in [-0.15, -0.1) is 0 Å². The van der Waals surface area contributed by atoms with E-state index in [1.807, 2.05) is 25.1 Å². The molecule has 0 radical (unpaired) electrons. The first kappa shape index (κ1) is 18.0. The van der Waals surface area contributed by atoms with Crippen LogP contribution < -0.4 is 10.6 Å². The van der Waals surface area contributed by atoms with Crippen LogP contribution >= 0.6 is 0 Å². The average molecular weight is 346 g/mol.